The van der Waals surface area contributed by atoms with Crippen molar-refractivity contribution in [2.24, 2.45) is 5.92 Å². The molecule has 10 heteroatoms. The molecule has 0 spiro atoms. The second kappa shape index (κ2) is 10.2. The summed E-state index contributed by atoms with van der Waals surface area (Å²) in [5, 5.41) is -0.458. The predicted octanol–water partition coefficient (Wildman–Crippen LogP) is 1.73. The third-order valence-corrected chi connectivity index (χ3v) is 5.83. The molecule has 2 heterocycles. The van der Waals surface area contributed by atoms with E-state index in [1.165, 1.54) is 17.0 Å². The van der Waals surface area contributed by atoms with Gasteiger partial charge in [-0.25, -0.2) is 4.39 Å². The van der Waals surface area contributed by atoms with E-state index < -0.39 is 29.7 Å². The Bertz CT molecular complexity index is 849. The van der Waals surface area contributed by atoms with Gasteiger partial charge in [0.15, 0.2) is 0 Å². The molecule has 3 rings (SSSR count). The summed E-state index contributed by atoms with van der Waals surface area (Å²) in [5.74, 6) is -1.23. The average molecular weight is 452 g/mol. The molecule has 1 aromatic carbocycles. The minimum Gasteiger partial charge on any atom is -0.370 e. The van der Waals surface area contributed by atoms with Gasteiger partial charge < -0.3 is 14.5 Å². The van der Waals surface area contributed by atoms with Gasteiger partial charge in [0, 0.05) is 19.6 Å². The quantitative estimate of drug-likeness (QED) is 0.628. The van der Waals surface area contributed by atoms with Crippen molar-refractivity contribution in [1.29, 1.82) is 0 Å². The van der Waals surface area contributed by atoms with E-state index in [-0.39, 0.29) is 43.1 Å². The van der Waals surface area contributed by atoms with Gasteiger partial charge in [-0.2, -0.15) is 0 Å². The molecule has 1 atom stereocenters. The molecule has 4 amide bonds. The molecule has 0 saturated carbocycles. The number of benzene rings is 1. The maximum Gasteiger partial charge on any atom is 0.289 e. The summed E-state index contributed by atoms with van der Waals surface area (Å²) in [6.07, 6.45) is -0.489. The van der Waals surface area contributed by atoms with Crippen LogP contribution in [0.2, 0.25) is 0 Å². The standard InChI is InChI=1S/C21H26FN3O5S/c1-14(2)7-23-8-17(30-12-15-4-3-5-16(22)6-15)9-24(10-18(23)26)19(27)11-25-20(28)13-31-21(25)29/h3-6,14,17H,7-13H2,1-2H3/t17-/m0/s1. The summed E-state index contributed by atoms with van der Waals surface area (Å²) >= 11 is 0.858. The molecule has 0 bridgehead atoms. The van der Waals surface area contributed by atoms with Gasteiger partial charge in [-0.15, -0.1) is 0 Å². The molecule has 2 aliphatic rings. The van der Waals surface area contributed by atoms with Gasteiger partial charge in [0.05, 0.1) is 25.0 Å². The van der Waals surface area contributed by atoms with E-state index in [1.54, 1.807) is 17.0 Å². The highest BCUT2D eigenvalue weighted by molar-refractivity contribution is 8.14. The van der Waals surface area contributed by atoms with E-state index in [0.29, 0.717) is 18.7 Å². The number of amides is 4. The number of hydrogen-bond acceptors (Lipinski definition) is 6. The maximum atomic E-state index is 13.5. The van der Waals surface area contributed by atoms with Crippen molar-refractivity contribution < 1.29 is 28.3 Å². The highest BCUT2D eigenvalue weighted by Crippen LogP contribution is 2.19. The molecule has 0 radical (unpaired) electrons. The smallest absolute Gasteiger partial charge is 0.289 e. The van der Waals surface area contributed by atoms with Gasteiger partial charge in [0.2, 0.25) is 17.7 Å². The number of halogens is 1. The van der Waals surface area contributed by atoms with Crippen molar-refractivity contribution in [3.63, 3.8) is 0 Å². The minimum absolute atomic E-state index is 0.0204. The van der Waals surface area contributed by atoms with Crippen molar-refractivity contribution in [1.82, 2.24) is 14.7 Å². The number of rotatable bonds is 7. The van der Waals surface area contributed by atoms with Crippen LogP contribution in [0.25, 0.3) is 0 Å². The lowest BCUT2D eigenvalue weighted by atomic mass is 10.2. The second-order valence-electron chi connectivity index (χ2n) is 8.06. The van der Waals surface area contributed by atoms with Gasteiger partial charge >= 0.3 is 0 Å². The Kier molecular flexibility index (Phi) is 7.66. The van der Waals surface area contributed by atoms with E-state index in [4.69, 9.17) is 4.74 Å². The Morgan fingerprint density at radius 2 is 2.00 bits per heavy atom. The number of ether oxygens (including phenoxy) is 1. The normalized spacial score (nSPS) is 20.1. The molecular formula is C21H26FN3O5S. The average Bonchev–Trinajstić information content (AvgIpc) is 2.92. The van der Waals surface area contributed by atoms with E-state index in [9.17, 15) is 23.6 Å². The zero-order valence-corrected chi connectivity index (χ0v) is 18.4. The number of nitrogens with zero attached hydrogens (tertiary/aromatic N) is 3. The van der Waals surface area contributed by atoms with Crippen molar-refractivity contribution in [3.8, 4) is 0 Å². The van der Waals surface area contributed by atoms with E-state index >= 15 is 0 Å². The zero-order valence-electron chi connectivity index (χ0n) is 17.6. The Labute approximate surface area is 184 Å². The van der Waals surface area contributed by atoms with Crippen molar-refractivity contribution in [2.45, 2.75) is 26.6 Å². The van der Waals surface area contributed by atoms with Crippen LogP contribution in [0.3, 0.4) is 0 Å². The fourth-order valence-corrected chi connectivity index (χ4v) is 4.23. The lowest BCUT2D eigenvalue weighted by Gasteiger charge is -2.26. The first-order chi connectivity index (χ1) is 14.7. The molecule has 0 N–H and O–H groups in total. The van der Waals surface area contributed by atoms with E-state index in [0.717, 1.165) is 16.7 Å². The summed E-state index contributed by atoms with van der Waals surface area (Å²) in [6, 6.07) is 6.05. The molecule has 0 unspecified atom stereocenters. The molecule has 2 aliphatic heterocycles. The molecule has 8 nitrogen and oxygen atoms in total. The summed E-state index contributed by atoms with van der Waals surface area (Å²) in [7, 11) is 0. The van der Waals surface area contributed by atoms with Crippen LogP contribution in [0.15, 0.2) is 24.3 Å². The molecule has 0 aliphatic carbocycles. The summed E-state index contributed by atoms with van der Waals surface area (Å²) in [5.41, 5.74) is 0.647. The van der Waals surface area contributed by atoms with Gasteiger partial charge in [0.1, 0.15) is 12.4 Å². The van der Waals surface area contributed by atoms with Crippen LogP contribution < -0.4 is 0 Å². The third-order valence-electron chi connectivity index (χ3n) is 4.97. The van der Waals surface area contributed by atoms with E-state index in [2.05, 4.69) is 0 Å². The van der Waals surface area contributed by atoms with Gasteiger partial charge in [0.25, 0.3) is 5.24 Å². The Morgan fingerprint density at radius 1 is 1.23 bits per heavy atom. The molecular weight excluding hydrogens is 425 g/mol. The molecule has 1 aromatic rings. The monoisotopic (exact) mass is 451 g/mol. The lowest BCUT2D eigenvalue weighted by Crippen LogP contribution is -2.46. The van der Waals surface area contributed by atoms with Crippen LogP contribution in [-0.2, 0) is 25.7 Å². The van der Waals surface area contributed by atoms with Crippen LogP contribution in [0, 0.1) is 11.7 Å². The van der Waals surface area contributed by atoms with Crippen molar-refractivity contribution in [3.05, 3.63) is 35.6 Å². The fraction of sp³-hybridized carbons (Fsp3) is 0.524. The minimum atomic E-state index is -0.489. The number of carbonyl (C=O) groups is 4. The van der Waals surface area contributed by atoms with Crippen molar-refractivity contribution in [2.75, 3.05) is 38.5 Å². The molecule has 31 heavy (non-hydrogen) atoms. The predicted molar refractivity (Wildman–Crippen MR) is 113 cm³/mol. The third kappa shape index (κ3) is 6.27. The second-order valence-corrected chi connectivity index (χ2v) is 8.99. The highest BCUT2D eigenvalue weighted by Gasteiger charge is 2.36. The molecule has 168 valence electrons. The Balaban J connectivity index is 1.71. The van der Waals surface area contributed by atoms with Crippen LogP contribution in [0.5, 0.6) is 0 Å². The fourth-order valence-electron chi connectivity index (χ4n) is 3.50. The lowest BCUT2D eigenvalue weighted by molar-refractivity contribution is -0.140. The van der Waals surface area contributed by atoms with Crippen molar-refractivity contribution >= 4 is 34.7 Å². The van der Waals surface area contributed by atoms with E-state index in [1.807, 2.05) is 13.8 Å². The largest absolute Gasteiger partial charge is 0.370 e. The maximum absolute atomic E-state index is 13.5. The van der Waals surface area contributed by atoms with Gasteiger partial charge in [-0.3, -0.25) is 24.1 Å². The summed E-state index contributed by atoms with van der Waals surface area (Å²) < 4.78 is 19.4. The molecule has 0 aromatic heterocycles. The zero-order chi connectivity index (χ0) is 22.5. The SMILES string of the molecule is CC(C)CN1C[C@H](OCc2cccc(F)c2)CN(C(=O)CN2C(=O)CSC2=O)CC1=O. The molecule has 2 saturated heterocycles. The van der Waals surface area contributed by atoms with Crippen LogP contribution in [0.1, 0.15) is 19.4 Å². The topological polar surface area (TPSA) is 87.2 Å². The first-order valence-corrected chi connectivity index (χ1v) is 11.1. The van der Waals surface area contributed by atoms with Crippen LogP contribution >= 0.6 is 11.8 Å². The first kappa shape index (κ1) is 23.2. The number of hydrogen-bond donors (Lipinski definition) is 0. The summed E-state index contributed by atoms with van der Waals surface area (Å²) in [6.45, 7) is 4.53. The highest BCUT2D eigenvalue weighted by atomic mass is 32.2. The Morgan fingerprint density at radius 3 is 2.65 bits per heavy atom. The van der Waals surface area contributed by atoms with Gasteiger partial charge in [-0.1, -0.05) is 37.7 Å². The van der Waals surface area contributed by atoms with Crippen LogP contribution in [0.4, 0.5) is 9.18 Å². The molecule has 2 fully saturated rings. The number of carbonyl (C=O) groups excluding carboxylic acids is 4. The first-order valence-electron chi connectivity index (χ1n) is 10.1. The van der Waals surface area contributed by atoms with Gasteiger partial charge in [-0.05, 0) is 23.6 Å². The number of thioether (sulfide) groups is 1. The summed E-state index contributed by atoms with van der Waals surface area (Å²) in [4.78, 5) is 53.2. The number of imide groups is 1. The Hall–Kier alpha value is -2.46. The van der Waals surface area contributed by atoms with Crippen LogP contribution in [-0.4, -0.2) is 82.2 Å².